The Morgan fingerprint density at radius 3 is 2.87 bits per heavy atom. The zero-order chi connectivity index (χ0) is 11.3. The molecule has 0 aliphatic heterocycles. The van der Waals surface area contributed by atoms with Crippen molar-refractivity contribution in [1.82, 2.24) is 0 Å². The maximum Gasteiger partial charge on any atom is 0.128 e. The van der Waals surface area contributed by atoms with Crippen LogP contribution in [-0.2, 0) is 0 Å². The van der Waals surface area contributed by atoms with Gasteiger partial charge in [-0.15, -0.1) is 0 Å². The summed E-state index contributed by atoms with van der Waals surface area (Å²) in [6.07, 6.45) is 3.00. The van der Waals surface area contributed by atoms with Gasteiger partial charge in [-0.2, -0.15) is 0 Å². The molecule has 0 spiro atoms. The Morgan fingerprint density at radius 1 is 1.53 bits per heavy atom. The first kappa shape index (κ1) is 11.7. The molecule has 0 unspecified atom stereocenters. The Hall–Kier alpha value is -1.35. The van der Waals surface area contributed by atoms with Crippen molar-refractivity contribution in [3.8, 4) is 5.75 Å². The highest BCUT2D eigenvalue weighted by Crippen LogP contribution is 2.25. The molecule has 15 heavy (non-hydrogen) atoms. The van der Waals surface area contributed by atoms with Crippen molar-refractivity contribution in [2.24, 2.45) is 0 Å². The Morgan fingerprint density at radius 2 is 2.27 bits per heavy atom. The van der Waals surface area contributed by atoms with E-state index in [-0.39, 0.29) is 5.82 Å². The predicted molar refractivity (Wildman–Crippen MR) is 57.3 cm³/mol. The van der Waals surface area contributed by atoms with Crippen LogP contribution in [0.25, 0.3) is 0 Å². The second kappa shape index (κ2) is 5.51. The zero-order valence-electron chi connectivity index (χ0n) is 8.90. The topological polar surface area (TPSA) is 29.5 Å². The summed E-state index contributed by atoms with van der Waals surface area (Å²) in [6, 6.07) is 4.13. The molecule has 1 N–H and O–H groups in total. The van der Waals surface area contributed by atoms with Gasteiger partial charge < -0.3 is 9.84 Å². The SMILES string of the molecule is CC=CCOc1cc(F)ccc1[C@H](C)O. The van der Waals surface area contributed by atoms with E-state index in [0.717, 1.165) is 0 Å². The molecule has 0 saturated carbocycles. The van der Waals surface area contributed by atoms with E-state index in [0.29, 0.717) is 17.9 Å². The maximum absolute atomic E-state index is 12.9. The van der Waals surface area contributed by atoms with Gasteiger partial charge >= 0.3 is 0 Å². The molecule has 0 aliphatic rings. The zero-order valence-corrected chi connectivity index (χ0v) is 8.90. The molecule has 0 aromatic heterocycles. The summed E-state index contributed by atoms with van der Waals surface area (Å²) in [7, 11) is 0. The quantitative estimate of drug-likeness (QED) is 0.774. The number of benzene rings is 1. The van der Waals surface area contributed by atoms with Crippen LogP contribution in [0.5, 0.6) is 5.75 Å². The third kappa shape index (κ3) is 3.36. The second-order valence-electron chi connectivity index (χ2n) is 3.24. The summed E-state index contributed by atoms with van der Waals surface area (Å²) in [5, 5.41) is 9.43. The van der Waals surface area contributed by atoms with Crippen LogP contribution in [0.1, 0.15) is 25.5 Å². The Labute approximate surface area is 89.0 Å². The first-order chi connectivity index (χ1) is 7.15. The second-order valence-corrected chi connectivity index (χ2v) is 3.24. The third-order valence-electron chi connectivity index (χ3n) is 2.00. The lowest BCUT2D eigenvalue weighted by Gasteiger charge is -2.12. The number of hydrogen-bond acceptors (Lipinski definition) is 2. The van der Waals surface area contributed by atoms with Crippen LogP contribution in [0.15, 0.2) is 30.4 Å². The monoisotopic (exact) mass is 210 g/mol. The first-order valence-electron chi connectivity index (χ1n) is 4.86. The van der Waals surface area contributed by atoms with Crippen LogP contribution >= 0.6 is 0 Å². The van der Waals surface area contributed by atoms with E-state index in [2.05, 4.69) is 0 Å². The minimum atomic E-state index is -0.661. The van der Waals surface area contributed by atoms with E-state index in [1.165, 1.54) is 18.2 Å². The summed E-state index contributed by atoms with van der Waals surface area (Å²) in [6.45, 7) is 3.87. The van der Waals surface area contributed by atoms with Crippen molar-refractivity contribution in [3.63, 3.8) is 0 Å². The van der Waals surface area contributed by atoms with Crippen molar-refractivity contribution in [2.45, 2.75) is 20.0 Å². The van der Waals surface area contributed by atoms with Gasteiger partial charge in [0.15, 0.2) is 0 Å². The molecule has 2 nitrogen and oxygen atoms in total. The van der Waals surface area contributed by atoms with E-state index >= 15 is 0 Å². The fraction of sp³-hybridized carbons (Fsp3) is 0.333. The van der Waals surface area contributed by atoms with Crippen molar-refractivity contribution in [1.29, 1.82) is 0 Å². The van der Waals surface area contributed by atoms with Crippen molar-refractivity contribution in [2.75, 3.05) is 6.61 Å². The Balaban J connectivity index is 2.86. The van der Waals surface area contributed by atoms with E-state index in [1.807, 2.05) is 19.1 Å². The Kier molecular flexibility index (Phi) is 4.31. The van der Waals surface area contributed by atoms with Crippen molar-refractivity contribution < 1.29 is 14.2 Å². The highest BCUT2D eigenvalue weighted by Gasteiger charge is 2.09. The minimum Gasteiger partial charge on any atom is -0.489 e. The number of allylic oxidation sites excluding steroid dienone is 1. The first-order valence-corrected chi connectivity index (χ1v) is 4.86. The molecule has 0 amide bonds. The summed E-state index contributed by atoms with van der Waals surface area (Å²) in [4.78, 5) is 0. The third-order valence-corrected chi connectivity index (χ3v) is 2.00. The molecule has 0 fully saturated rings. The molecule has 82 valence electrons. The lowest BCUT2D eigenvalue weighted by atomic mass is 10.1. The van der Waals surface area contributed by atoms with Gasteiger partial charge in [0.25, 0.3) is 0 Å². The van der Waals surface area contributed by atoms with Gasteiger partial charge in [-0.05, 0) is 26.0 Å². The molecular weight excluding hydrogens is 195 g/mol. The summed E-state index contributed by atoms with van der Waals surface area (Å²) in [5.74, 6) is 0.0259. The molecule has 0 heterocycles. The van der Waals surface area contributed by atoms with Gasteiger partial charge in [0.2, 0.25) is 0 Å². The molecule has 1 aromatic rings. The summed E-state index contributed by atoms with van der Waals surface area (Å²) >= 11 is 0. The average Bonchev–Trinajstić information content (AvgIpc) is 2.18. The van der Waals surface area contributed by atoms with Crippen LogP contribution in [-0.4, -0.2) is 11.7 Å². The van der Waals surface area contributed by atoms with Crippen LogP contribution < -0.4 is 4.74 Å². The number of hydrogen-bond donors (Lipinski definition) is 1. The molecule has 0 radical (unpaired) electrons. The summed E-state index contributed by atoms with van der Waals surface area (Å²) in [5.41, 5.74) is 0.598. The number of halogens is 1. The van der Waals surface area contributed by atoms with Gasteiger partial charge in [0.05, 0.1) is 6.10 Å². The predicted octanol–water partition coefficient (Wildman–Crippen LogP) is 2.83. The molecular formula is C12H15FO2. The Bertz CT molecular complexity index is 345. The van der Waals surface area contributed by atoms with Gasteiger partial charge in [-0.1, -0.05) is 12.2 Å². The van der Waals surface area contributed by atoms with E-state index < -0.39 is 6.10 Å². The normalized spacial score (nSPS) is 13.1. The standard InChI is InChI=1S/C12H15FO2/c1-3-4-7-15-12-8-10(13)5-6-11(12)9(2)14/h3-6,8-9,14H,7H2,1-2H3/t9-/m0/s1. The fourth-order valence-corrected chi connectivity index (χ4v) is 1.21. The van der Waals surface area contributed by atoms with Gasteiger partial charge in [0.1, 0.15) is 18.2 Å². The largest absolute Gasteiger partial charge is 0.489 e. The van der Waals surface area contributed by atoms with Gasteiger partial charge in [-0.25, -0.2) is 4.39 Å². The number of ether oxygens (including phenoxy) is 1. The smallest absolute Gasteiger partial charge is 0.128 e. The lowest BCUT2D eigenvalue weighted by Crippen LogP contribution is -2.01. The molecule has 1 atom stereocenters. The average molecular weight is 210 g/mol. The van der Waals surface area contributed by atoms with Crippen LogP contribution in [0.2, 0.25) is 0 Å². The highest BCUT2D eigenvalue weighted by atomic mass is 19.1. The number of aliphatic hydroxyl groups is 1. The van der Waals surface area contributed by atoms with Crippen LogP contribution in [0.3, 0.4) is 0 Å². The molecule has 1 rings (SSSR count). The summed E-state index contributed by atoms with van der Waals surface area (Å²) < 4.78 is 18.3. The van der Waals surface area contributed by atoms with Crippen LogP contribution in [0.4, 0.5) is 4.39 Å². The molecule has 0 bridgehead atoms. The molecule has 3 heteroatoms. The number of aliphatic hydroxyl groups excluding tert-OH is 1. The molecule has 0 saturated heterocycles. The molecule has 0 aliphatic carbocycles. The van der Waals surface area contributed by atoms with Crippen molar-refractivity contribution >= 4 is 0 Å². The van der Waals surface area contributed by atoms with Gasteiger partial charge in [-0.3, -0.25) is 0 Å². The fourth-order valence-electron chi connectivity index (χ4n) is 1.21. The maximum atomic E-state index is 12.9. The van der Waals surface area contributed by atoms with E-state index in [4.69, 9.17) is 4.74 Å². The van der Waals surface area contributed by atoms with E-state index in [1.54, 1.807) is 6.92 Å². The number of rotatable bonds is 4. The van der Waals surface area contributed by atoms with Gasteiger partial charge in [0, 0.05) is 11.6 Å². The van der Waals surface area contributed by atoms with Crippen LogP contribution in [0, 0.1) is 5.82 Å². The van der Waals surface area contributed by atoms with E-state index in [9.17, 15) is 9.50 Å². The van der Waals surface area contributed by atoms with Crippen molar-refractivity contribution in [3.05, 3.63) is 41.7 Å². The lowest BCUT2D eigenvalue weighted by molar-refractivity contribution is 0.192. The molecule has 1 aromatic carbocycles. The highest BCUT2D eigenvalue weighted by molar-refractivity contribution is 5.35. The minimum absolute atomic E-state index is 0.366.